The van der Waals surface area contributed by atoms with E-state index in [4.69, 9.17) is 32.7 Å². The number of para-hydroxylation sites is 8. The number of halogens is 2. The molecule has 0 spiro atoms. The topological polar surface area (TPSA) is 82.2 Å². The zero-order chi connectivity index (χ0) is 69.5. The minimum Gasteiger partial charge on any atom is -0.493 e. The van der Waals surface area contributed by atoms with Crippen LogP contribution in [-0.2, 0) is 13.1 Å². The zero-order valence-electron chi connectivity index (χ0n) is 57.1. The van der Waals surface area contributed by atoms with E-state index in [1.165, 1.54) is 43.1 Å². The van der Waals surface area contributed by atoms with Gasteiger partial charge in [-0.15, -0.1) is 0 Å². The van der Waals surface area contributed by atoms with Gasteiger partial charge in [-0.05, 0) is 135 Å². The van der Waals surface area contributed by atoms with Gasteiger partial charge < -0.3 is 36.9 Å². The van der Waals surface area contributed by atoms with E-state index in [0.717, 1.165) is 152 Å². The number of unbranched alkanes of at least 4 members (excludes halogenated alkanes) is 6. The number of aromatic nitrogens is 6. The molecule has 10 nitrogen and oxygen atoms in total. The standard InChI is InChI=1S/C92H70Cl2N6O4/c93-59-41-43-79-75(49-59)91(101)77-58-90-78(57-89(77)95(79)45-21-1-3-23-47-103-65-53-61(97-81-33-13-5-25-67(81)68-26-6-14-34-82(68)97)51-62(54-65)98-83-35-15-7-27-69(83)70-28-8-16-36-84(70)98)92(102)76-50-60(94)42-44-80(76)96(90)46-22-2-4-24-48-104-66-55-63(99-85-37-17-9-29-71(85)72-30-10-18-38-86(72)99)52-64(56-66)100-87-39-19-11-31-73(87)74-32-12-20-40-88(74)100/h5-20,25-44,49-58H,1-4,21-24,45-48H2. The first-order valence-electron chi connectivity index (χ1n) is 36.2. The Labute approximate surface area is 608 Å². The lowest BCUT2D eigenvalue weighted by Crippen LogP contribution is -2.16. The van der Waals surface area contributed by atoms with Gasteiger partial charge in [0.05, 0.1) is 102 Å². The molecule has 0 radical (unpaired) electrons. The second kappa shape index (κ2) is 26.2. The minimum absolute atomic E-state index is 0.116. The summed E-state index contributed by atoms with van der Waals surface area (Å²) in [4.78, 5) is 29.9. The van der Waals surface area contributed by atoms with E-state index < -0.39 is 0 Å². The molecule has 0 bridgehead atoms. The van der Waals surface area contributed by atoms with Gasteiger partial charge in [0, 0.05) is 112 Å². The minimum atomic E-state index is -0.116. The smallest absolute Gasteiger partial charge is 0.197 e. The third kappa shape index (κ3) is 10.8. The van der Waals surface area contributed by atoms with Crippen molar-refractivity contribution in [2.75, 3.05) is 13.2 Å². The summed E-state index contributed by atoms with van der Waals surface area (Å²) >= 11 is 13.4. The highest BCUT2D eigenvalue weighted by atomic mass is 35.5. The first-order chi connectivity index (χ1) is 51.3. The molecule has 0 saturated heterocycles. The Balaban J connectivity index is 0.576. The van der Waals surface area contributed by atoms with Crippen LogP contribution in [0.2, 0.25) is 10.0 Å². The highest BCUT2D eigenvalue weighted by Gasteiger charge is 2.23. The molecule has 12 heteroatoms. The lowest BCUT2D eigenvalue weighted by Gasteiger charge is -2.19. The number of hydrogen-bond donors (Lipinski definition) is 0. The average Bonchev–Trinajstić information content (AvgIpc) is 1.46. The lowest BCUT2D eigenvalue weighted by molar-refractivity contribution is 0.304. The van der Waals surface area contributed by atoms with Gasteiger partial charge in [0.15, 0.2) is 10.9 Å². The molecular formula is C92H70Cl2N6O4. The molecule has 0 N–H and O–H groups in total. The molecule has 0 unspecified atom stereocenters. The van der Waals surface area contributed by atoms with E-state index in [-0.39, 0.29) is 10.9 Å². The van der Waals surface area contributed by atoms with Crippen LogP contribution < -0.4 is 20.3 Å². The Morgan fingerprint density at radius 2 is 0.481 bits per heavy atom. The fraction of sp³-hybridized carbons (Fsp3) is 0.130. The molecule has 0 saturated carbocycles. The summed E-state index contributed by atoms with van der Waals surface area (Å²) in [5, 5.41) is 12.8. The maximum Gasteiger partial charge on any atom is 0.197 e. The average molecular weight is 1390 g/mol. The van der Waals surface area contributed by atoms with Crippen molar-refractivity contribution in [2.45, 2.75) is 64.5 Å². The summed E-state index contributed by atoms with van der Waals surface area (Å²) in [6.07, 6.45) is 7.01. The molecule has 0 aliphatic heterocycles. The number of hydrogen-bond acceptors (Lipinski definition) is 4. The summed E-state index contributed by atoms with van der Waals surface area (Å²) in [6, 6.07) is 97.4. The third-order valence-electron chi connectivity index (χ3n) is 21.4. The molecule has 0 fully saturated rings. The number of pyridine rings is 2. The van der Waals surface area contributed by atoms with Gasteiger partial charge in [0.2, 0.25) is 0 Å². The molecule has 6 heterocycles. The monoisotopic (exact) mass is 1390 g/mol. The van der Waals surface area contributed by atoms with Crippen molar-refractivity contribution < 1.29 is 9.47 Å². The fourth-order valence-corrected chi connectivity index (χ4v) is 17.1. The van der Waals surface area contributed by atoms with Gasteiger partial charge in [-0.2, -0.15) is 0 Å². The molecule has 19 aromatic rings. The summed E-state index contributed by atoms with van der Waals surface area (Å²) in [5.74, 6) is 1.60. The van der Waals surface area contributed by atoms with Crippen LogP contribution in [0.1, 0.15) is 51.4 Å². The number of aryl methyl sites for hydroxylation is 2. The largest absolute Gasteiger partial charge is 0.493 e. The quantitative estimate of drug-likeness (QED) is 0.0562. The van der Waals surface area contributed by atoms with Crippen LogP contribution in [-0.4, -0.2) is 40.6 Å². The Morgan fingerprint density at radius 3 is 0.760 bits per heavy atom. The summed E-state index contributed by atoms with van der Waals surface area (Å²) in [6.45, 7) is 2.31. The van der Waals surface area contributed by atoms with E-state index in [1.54, 1.807) is 12.1 Å². The molecule has 0 aliphatic carbocycles. The van der Waals surface area contributed by atoms with Gasteiger partial charge in [-0.1, -0.05) is 194 Å². The highest BCUT2D eigenvalue weighted by molar-refractivity contribution is 6.32. The Kier molecular flexibility index (Phi) is 15.9. The van der Waals surface area contributed by atoms with Crippen LogP contribution >= 0.6 is 23.2 Å². The molecular weight excluding hydrogens is 1320 g/mol. The second-order valence-corrected chi connectivity index (χ2v) is 28.4. The maximum absolute atomic E-state index is 14.9. The van der Waals surface area contributed by atoms with Crippen LogP contribution in [0.25, 0.3) is 154 Å². The molecule has 104 heavy (non-hydrogen) atoms. The maximum atomic E-state index is 14.9. The zero-order valence-corrected chi connectivity index (χ0v) is 58.6. The van der Waals surface area contributed by atoms with Crippen molar-refractivity contribution >= 4 is 154 Å². The normalized spacial score (nSPS) is 12.1. The molecule has 0 atom stereocenters. The lowest BCUT2D eigenvalue weighted by atomic mass is 10.0. The van der Waals surface area contributed by atoms with Gasteiger partial charge in [-0.3, -0.25) is 9.59 Å². The molecule has 19 rings (SSSR count). The number of fused-ring (bicyclic) bond motifs is 16. The van der Waals surface area contributed by atoms with Gasteiger partial charge >= 0.3 is 0 Å². The van der Waals surface area contributed by atoms with Crippen LogP contribution in [0.5, 0.6) is 11.5 Å². The van der Waals surface area contributed by atoms with Crippen LogP contribution in [0.4, 0.5) is 0 Å². The Hall–Kier alpha value is -11.8. The van der Waals surface area contributed by atoms with Crippen molar-refractivity contribution in [3.05, 3.63) is 310 Å². The number of ether oxygens (including phenoxy) is 2. The Bertz CT molecular complexity index is 5920. The summed E-state index contributed by atoms with van der Waals surface area (Å²) < 4.78 is 27.6. The molecule has 0 aliphatic rings. The highest BCUT2D eigenvalue weighted by Crippen LogP contribution is 2.41. The number of benzene rings is 13. The van der Waals surface area contributed by atoms with Crippen molar-refractivity contribution in [1.29, 1.82) is 0 Å². The fourth-order valence-electron chi connectivity index (χ4n) is 16.7. The first kappa shape index (κ1) is 63.1. The Morgan fingerprint density at radius 1 is 0.231 bits per heavy atom. The van der Waals surface area contributed by atoms with Crippen LogP contribution in [0, 0.1) is 0 Å². The SMILES string of the molecule is O=c1c2cc(Cl)ccc2n(CCCCCCOc2cc(-n3c4ccccc4c4ccccc43)cc(-n3c4ccccc4c4ccccc43)c2)c2cc3c(=O)c4cc(Cl)ccc4n(CCCCCCOc4cc(-n5c6ccccc6c6ccccc65)cc(-n5c6ccccc6c6ccccc65)c4)c3cc12. The van der Waals surface area contributed by atoms with E-state index in [9.17, 15) is 9.59 Å². The summed E-state index contributed by atoms with van der Waals surface area (Å²) in [7, 11) is 0. The molecule has 0 amide bonds. The second-order valence-electron chi connectivity index (χ2n) is 27.5. The third-order valence-corrected chi connectivity index (χ3v) is 21.8. The predicted octanol–water partition coefficient (Wildman–Crippen LogP) is 23.6. The van der Waals surface area contributed by atoms with Crippen LogP contribution in [0.15, 0.2) is 289 Å². The van der Waals surface area contributed by atoms with Crippen molar-refractivity contribution in [1.82, 2.24) is 27.4 Å². The molecule has 506 valence electrons. The number of rotatable bonds is 20. The van der Waals surface area contributed by atoms with E-state index in [0.29, 0.717) is 57.9 Å². The van der Waals surface area contributed by atoms with E-state index in [2.05, 4.69) is 258 Å². The molecule has 6 aromatic heterocycles. The molecule has 13 aromatic carbocycles. The van der Waals surface area contributed by atoms with Crippen molar-refractivity contribution in [3.63, 3.8) is 0 Å². The number of nitrogens with zero attached hydrogens (tertiary/aromatic N) is 6. The predicted molar refractivity (Wildman–Crippen MR) is 433 cm³/mol. The van der Waals surface area contributed by atoms with E-state index >= 15 is 0 Å². The first-order valence-corrected chi connectivity index (χ1v) is 37.0. The van der Waals surface area contributed by atoms with Crippen LogP contribution in [0.3, 0.4) is 0 Å². The van der Waals surface area contributed by atoms with Crippen molar-refractivity contribution in [3.8, 4) is 34.2 Å². The van der Waals surface area contributed by atoms with Crippen molar-refractivity contribution in [2.24, 2.45) is 0 Å². The van der Waals surface area contributed by atoms with Gasteiger partial charge in [-0.25, -0.2) is 0 Å². The van der Waals surface area contributed by atoms with Gasteiger partial charge in [0.25, 0.3) is 0 Å². The van der Waals surface area contributed by atoms with E-state index in [1.807, 2.05) is 36.4 Å². The van der Waals surface area contributed by atoms with Gasteiger partial charge in [0.1, 0.15) is 11.5 Å². The summed E-state index contributed by atoms with van der Waals surface area (Å²) in [5.41, 5.74) is 16.0.